The Morgan fingerprint density at radius 3 is 2.50 bits per heavy atom. The molecule has 0 heterocycles. The maximum atomic E-state index is 10.6. The van der Waals surface area contributed by atoms with Crippen LogP contribution in [0.25, 0.3) is 0 Å². The highest BCUT2D eigenvalue weighted by molar-refractivity contribution is 5.74. The molecular formula is C11H16N2O. The quantitative estimate of drug-likeness (QED) is 0.766. The largest absolute Gasteiger partial charge is 0.371 e. The summed E-state index contributed by atoms with van der Waals surface area (Å²) >= 11 is 0. The van der Waals surface area contributed by atoms with Gasteiger partial charge in [-0.15, -0.1) is 0 Å². The molecule has 0 aliphatic carbocycles. The molecule has 3 heteroatoms. The molecule has 0 aliphatic rings. The third-order valence-electron chi connectivity index (χ3n) is 2.13. The first-order valence-electron chi connectivity index (χ1n) is 4.82. The zero-order valence-corrected chi connectivity index (χ0v) is 8.44. The van der Waals surface area contributed by atoms with Gasteiger partial charge in [-0.05, 0) is 19.1 Å². The van der Waals surface area contributed by atoms with Crippen molar-refractivity contribution in [3.8, 4) is 0 Å². The minimum Gasteiger partial charge on any atom is -0.371 e. The Morgan fingerprint density at radius 2 is 2.00 bits per heavy atom. The lowest BCUT2D eigenvalue weighted by atomic mass is 10.2. The summed E-state index contributed by atoms with van der Waals surface area (Å²) in [5, 5.41) is 0. The van der Waals surface area contributed by atoms with Gasteiger partial charge in [0.2, 0.25) is 5.91 Å². The van der Waals surface area contributed by atoms with Gasteiger partial charge in [-0.25, -0.2) is 0 Å². The predicted octanol–water partition coefficient (Wildman–Crippen LogP) is 1.39. The highest BCUT2D eigenvalue weighted by Crippen LogP contribution is 2.12. The molecule has 0 saturated carbocycles. The van der Waals surface area contributed by atoms with Crippen molar-refractivity contribution >= 4 is 11.6 Å². The third-order valence-corrected chi connectivity index (χ3v) is 2.13. The average Bonchev–Trinajstić information content (AvgIpc) is 2.20. The van der Waals surface area contributed by atoms with Gasteiger partial charge in [0, 0.05) is 25.2 Å². The van der Waals surface area contributed by atoms with Crippen LogP contribution >= 0.6 is 0 Å². The number of nitrogens with two attached hydrogens (primary N) is 1. The van der Waals surface area contributed by atoms with Crippen LogP contribution in [0, 0.1) is 0 Å². The Balaban J connectivity index is 2.58. The summed E-state index contributed by atoms with van der Waals surface area (Å²) in [6.45, 7) is 3.64. The standard InChI is InChI=1S/C11H16N2O/c1-2-13(9-8-11(12)14)10-6-4-3-5-7-10/h3-7H,2,8-9H2,1H3,(H2,12,14). The molecule has 0 aliphatic heterocycles. The average molecular weight is 192 g/mol. The van der Waals surface area contributed by atoms with E-state index >= 15 is 0 Å². The van der Waals surface area contributed by atoms with E-state index in [1.807, 2.05) is 30.3 Å². The number of carbonyl (C=O) groups excluding carboxylic acids is 1. The Hall–Kier alpha value is -1.51. The van der Waals surface area contributed by atoms with Crippen LogP contribution in [0.1, 0.15) is 13.3 Å². The third kappa shape index (κ3) is 3.09. The van der Waals surface area contributed by atoms with E-state index in [9.17, 15) is 4.79 Å². The molecule has 76 valence electrons. The molecule has 0 fully saturated rings. The summed E-state index contributed by atoms with van der Waals surface area (Å²) in [6, 6.07) is 10.0. The molecular weight excluding hydrogens is 176 g/mol. The van der Waals surface area contributed by atoms with Gasteiger partial charge in [0.15, 0.2) is 0 Å². The second-order valence-corrected chi connectivity index (χ2v) is 3.13. The number of amides is 1. The van der Waals surface area contributed by atoms with Gasteiger partial charge in [0.1, 0.15) is 0 Å². The van der Waals surface area contributed by atoms with Gasteiger partial charge in [-0.3, -0.25) is 4.79 Å². The zero-order chi connectivity index (χ0) is 10.4. The molecule has 0 aromatic heterocycles. The molecule has 0 saturated heterocycles. The number of primary amides is 1. The van der Waals surface area contributed by atoms with Gasteiger partial charge in [0.05, 0.1) is 0 Å². The lowest BCUT2D eigenvalue weighted by molar-refractivity contribution is -0.117. The fourth-order valence-electron chi connectivity index (χ4n) is 1.35. The van der Waals surface area contributed by atoms with Crippen LogP contribution in [0.2, 0.25) is 0 Å². The zero-order valence-electron chi connectivity index (χ0n) is 8.44. The van der Waals surface area contributed by atoms with E-state index < -0.39 is 0 Å². The van der Waals surface area contributed by atoms with Crippen molar-refractivity contribution in [3.05, 3.63) is 30.3 Å². The fraction of sp³-hybridized carbons (Fsp3) is 0.364. The first-order valence-corrected chi connectivity index (χ1v) is 4.82. The van der Waals surface area contributed by atoms with Gasteiger partial charge in [0.25, 0.3) is 0 Å². The number of hydrogen-bond acceptors (Lipinski definition) is 2. The van der Waals surface area contributed by atoms with E-state index in [1.54, 1.807) is 0 Å². The maximum absolute atomic E-state index is 10.6. The van der Waals surface area contributed by atoms with E-state index in [4.69, 9.17) is 5.73 Å². The predicted molar refractivity (Wildman–Crippen MR) is 58.1 cm³/mol. The van der Waals surface area contributed by atoms with Gasteiger partial charge in [-0.2, -0.15) is 0 Å². The van der Waals surface area contributed by atoms with Crippen molar-refractivity contribution in [2.45, 2.75) is 13.3 Å². The summed E-state index contributed by atoms with van der Waals surface area (Å²) in [6.07, 6.45) is 0.405. The number of para-hydroxylation sites is 1. The monoisotopic (exact) mass is 192 g/mol. The first-order chi connectivity index (χ1) is 6.74. The molecule has 1 amide bonds. The second-order valence-electron chi connectivity index (χ2n) is 3.13. The van der Waals surface area contributed by atoms with Crippen LogP contribution in [-0.2, 0) is 4.79 Å². The van der Waals surface area contributed by atoms with Crippen LogP contribution in [0.4, 0.5) is 5.69 Å². The van der Waals surface area contributed by atoms with Crippen molar-refractivity contribution in [1.29, 1.82) is 0 Å². The van der Waals surface area contributed by atoms with E-state index in [-0.39, 0.29) is 5.91 Å². The number of rotatable bonds is 5. The fourth-order valence-corrected chi connectivity index (χ4v) is 1.35. The number of benzene rings is 1. The molecule has 0 radical (unpaired) electrons. The highest BCUT2D eigenvalue weighted by atomic mass is 16.1. The SMILES string of the molecule is CCN(CCC(N)=O)c1ccccc1. The lowest BCUT2D eigenvalue weighted by Gasteiger charge is -2.22. The van der Waals surface area contributed by atoms with Crippen molar-refractivity contribution in [3.63, 3.8) is 0 Å². The number of anilines is 1. The molecule has 14 heavy (non-hydrogen) atoms. The van der Waals surface area contributed by atoms with Crippen molar-refractivity contribution < 1.29 is 4.79 Å². The summed E-state index contributed by atoms with van der Waals surface area (Å²) in [4.78, 5) is 12.8. The first kappa shape index (κ1) is 10.6. The normalized spacial score (nSPS) is 9.79. The van der Waals surface area contributed by atoms with Crippen molar-refractivity contribution in [2.75, 3.05) is 18.0 Å². The van der Waals surface area contributed by atoms with Crippen LogP contribution in [0.5, 0.6) is 0 Å². The van der Waals surface area contributed by atoms with Crippen LogP contribution in [0.15, 0.2) is 30.3 Å². The van der Waals surface area contributed by atoms with E-state index in [2.05, 4.69) is 11.8 Å². The maximum Gasteiger partial charge on any atom is 0.219 e. The van der Waals surface area contributed by atoms with Crippen molar-refractivity contribution in [1.82, 2.24) is 0 Å². The summed E-state index contributed by atoms with van der Waals surface area (Å²) < 4.78 is 0. The van der Waals surface area contributed by atoms with Gasteiger partial charge >= 0.3 is 0 Å². The highest BCUT2D eigenvalue weighted by Gasteiger charge is 2.04. The second kappa shape index (κ2) is 5.27. The van der Waals surface area contributed by atoms with E-state index in [0.29, 0.717) is 13.0 Å². The molecule has 0 spiro atoms. The molecule has 0 atom stereocenters. The molecule has 0 unspecified atom stereocenters. The summed E-state index contributed by atoms with van der Waals surface area (Å²) in [5.41, 5.74) is 6.24. The number of carbonyl (C=O) groups is 1. The lowest BCUT2D eigenvalue weighted by Crippen LogP contribution is -2.27. The Morgan fingerprint density at radius 1 is 1.36 bits per heavy atom. The van der Waals surface area contributed by atoms with Crippen molar-refractivity contribution in [2.24, 2.45) is 5.73 Å². The number of hydrogen-bond donors (Lipinski definition) is 1. The van der Waals surface area contributed by atoms with Crippen LogP contribution in [0.3, 0.4) is 0 Å². The molecule has 3 nitrogen and oxygen atoms in total. The molecule has 1 aromatic rings. The Bertz CT molecular complexity index is 285. The van der Waals surface area contributed by atoms with Crippen LogP contribution < -0.4 is 10.6 Å². The topological polar surface area (TPSA) is 46.3 Å². The summed E-state index contributed by atoms with van der Waals surface area (Å²) in [7, 11) is 0. The smallest absolute Gasteiger partial charge is 0.219 e. The van der Waals surface area contributed by atoms with Gasteiger partial charge < -0.3 is 10.6 Å². The summed E-state index contributed by atoms with van der Waals surface area (Å²) in [5.74, 6) is -0.251. The molecule has 0 bridgehead atoms. The Labute approximate surface area is 84.5 Å². The molecule has 1 aromatic carbocycles. The molecule has 1 rings (SSSR count). The van der Waals surface area contributed by atoms with Gasteiger partial charge in [-0.1, -0.05) is 18.2 Å². The number of nitrogens with zero attached hydrogens (tertiary/aromatic N) is 1. The Kier molecular flexibility index (Phi) is 3.98. The van der Waals surface area contributed by atoms with Crippen LogP contribution in [-0.4, -0.2) is 19.0 Å². The minimum absolute atomic E-state index is 0.251. The van der Waals surface area contributed by atoms with E-state index in [1.165, 1.54) is 0 Å². The van der Waals surface area contributed by atoms with E-state index in [0.717, 1.165) is 12.2 Å². The molecule has 2 N–H and O–H groups in total. The minimum atomic E-state index is -0.251.